The van der Waals surface area contributed by atoms with Gasteiger partial charge in [0, 0.05) is 18.0 Å². The van der Waals surface area contributed by atoms with Gasteiger partial charge >= 0.3 is 11.9 Å². The van der Waals surface area contributed by atoms with Gasteiger partial charge in [0.25, 0.3) is 0 Å². The highest BCUT2D eigenvalue weighted by molar-refractivity contribution is 7.09. The molecular formula is C11H14N4O6S. The third-order valence-electron chi connectivity index (χ3n) is 2.36. The number of nitrogens with two attached hydrogens (primary N) is 1. The summed E-state index contributed by atoms with van der Waals surface area (Å²) in [6, 6.07) is 0. The van der Waals surface area contributed by atoms with E-state index in [4.69, 9.17) is 20.8 Å². The minimum atomic E-state index is -1.68. The van der Waals surface area contributed by atoms with Crippen molar-refractivity contribution in [3.63, 3.8) is 0 Å². The SMILES string of the molecule is CC(C)(O/N=C(\C(=O)CCC(=O)O)c1nsc(N)n1)C(=O)O. The molecule has 1 heterocycles. The van der Waals surface area contributed by atoms with E-state index in [-0.39, 0.29) is 23.1 Å². The summed E-state index contributed by atoms with van der Waals surface area (Å²) in [5, 5.41) is 21.1. The first-order chi connectivity index (χ1) is 10.1. The minimum absolute atomic E-state index is 0.0752. The van der Waals surface area contributed by atoms with Gasteiger partial charge in [-0.15, -0.1) is 0 Å². The van der Waals surface area contributed by atoms with Crippen molar-refractivity contribution in [1.82, 2.24) is 9.36 Å². The topological polar surface area (TPSA) is 165 Å². The molecule has 0 radical (unpaired) electrons. The zero-order valence-corrected chi connectivity index (χ0v) is 12.6. The number of carboxylic acid groups (broad SMARTS) is 2. The molecule has 0 fully saturated rings. The minimum Gasteiger partial charge on any atom is -0.481 e. The van der Waals surface area contributed by atoms with E-state index >= 15 is 0 Å². The zero-order valence-electron chi connectivity index (χ0n) is 11.8. The molecule has 0 atom stereocenters. The van der Waals surface area contributed by atoms with Crippen molar-refractivity contribution in [2.45, 2.75) is 32.3 Å². The van der Waals surface area contributed by atoms with Crippen molar-refractivity contribution in [2.24, 2.45) is 5.16 Å². The predicted molar refractivity (Wildman–Crippen MR) is 75.5 cm³/mol. The second kappa shape index (κ2) is 6.93. The smallest absolute Gasteiger partial charge is 0.350 e. The summed E-state index contributed by atoms with van der Waals surface area (Å²) in [5.74, 6) is -3.29. The number of rotatable bonds is 8. The normalized spacial score (nSPS) is 12.0. The van der Waals surface area contributed by atoms with Gasteiger partial charge in [0.15, 0.2) is 16.6 Å². The molecule has 10 nitrogen and oxygen atoms in total. The van der Waals surface area contributed by atoms with Gasteiger partial charge in [-0.25, -0.2) is 4.79 Å². The molecule has 0 unspecified atom stereocenters. The van der Waals surface area contributed by atoms with Gasteiger partial charge in [-0.05, 0) is 13.8 Å². The highest BCUT2D eigenvalue weighted by Gasteiger charge is 2.31. The summed E-state index contributed by atoms with van der Waals surface area (Å²) < 4.78 is 3.79. The van der Waals surface area contributed by atoms with Crippen LogP contribution < -0.4 is 5.73 Å². The molecule has 22 heavy (non-hydrogen) atoms. The first kappa shape index (κ1) is 17.5. The number of nitrogen functional groups attached to an aromatic ring is 1. The largest absolute Gasteiger partial charge is 0.481 e. The summed E-state index contributed by atoms with van der Waals surface area (Å²) in [6.45, 7) is 2.47. The molecule has 1 rings (SSSR count). The van der Waals surface area contributed by atoms with Crippen LogP contribution in [0.5, 0.6) is 0 Å². The molecule has 120 valence electrons. The van der Waals surface area contributed by atoms with Crippen LogP contribution in [0.2, 0.25) is 0 Å². The number of anilines is 1. The molecule has 0 amide bonds. The Balaban J connectivity index is 3.04. The number of ketones is 1. The second-order valence-corrected chi connectivity index (χ2v) is 5.40. The molecule has 1 aromatic rings. The first-order valence-corrected chi connectivity index (χ1v) is 6.75. The lowest BCUT2D eigenvalue weighted by atomic mass is 10.1. The molecule has 11 heteroatoms. The molecule has 0 aliphatic heterocycles. The van der Waals surface area contributed by atoms with Gasteiger partial charge in [-0.3, -0.25) is 9.59 Å². The van der Waals surface area contributed by atoms with E-state index in [1.54, 1.807) is 0 Å². The number of oxime groups is 1. The van der Waals surface area contributed by atoms with E-state index < -0.39 is 29.7 Å². The van der Waals surface area contributed by atoms with Crippen molar-refractivity contribution in [3.8, 4) is 0 Å². The fraction of sp³-hybridized carbons (Fsp3) is 0.455. The Labute approximate surface area is 128 Å². The van der Waals surface area contributed by atoms with Crippen LogP contribution in [-0.2, 0) is 19.2 Å². The number of nitrogens with zero attached hydrogens (tertiary/aromatic N) is 3. The van der Waals surface area contributed by atoms with Crippen molar-refractivity contribution in [1.29, 1.82) is 0 Å². The van der Waals surface area contributed by atoms with E-state index in [2.05, 4.69) is 14.5 Å². The van der Waals surface area contributed by atoms with E-state index in [9.17, 15) is 14.4 Å². The van der Waals surface area contributed by atoms with E-state index in [1.165, 1.54) is 13.8 Å². The number of aliphatic carboxylic acids is 2. The Hall–Kier alpha value is -2.56. The zero-order chi connectivity index (χ0) is 16.9. The second-order valence-electron chi connectivity index (χ2n) is 4.62. The fourth-order valence-electron chi connectivity index (χ4n) is 1.09. The average molecular weight is 330 g/mol. The molecule has 0 aliphatic carbocycles. The van der Waals surface area contributed by atoms with Crippen molar-refractivity contribution < 1.29 is 29.4 Å². The maximum Gasteiger partial charge on any atom is 0.350 e. The van der Waals surface area contributed by atoms with Crippen LogP contribution in [0, 0.1) is 0 Å². The number of carbonyl (C=O) groups excluding carboxylic acids is 1. The molecule has 0 saturated heterocycles. The van der Waals surface area contributed by atoms with Crippen LogP contribution in [-0.4, -0.2) is 48.6 Å². The molecule has 0 aliphatic rings. The Morgan fingerprint density at radius 2 is 1.95 bits per heavy atom. The maximum absolute atomic E-state index is 12.0. The van der Waals surface area contributed by atoms with Crippen molar-refractivity contribution in [3.05, 3.63) is 5.82 Å². The number of hydrogen-bond acceptors (Lipinski definition) is 9. The van der Waals surface area contributed by atoms with Gasteiger partial charge in [-0.1, -0.05) is 5.16 Å². The van der Waals surface area contributed by atoms with Crippen LogP contribution in [0.25, 0.3) is 0 Å². The van der Waals surface area contributed by atoms with Gasteiger partial charge < -0.3 is 20.8 Å². The Kier molecular flexibility index (Phi) is 5.51. The maximum atomic E-state index is 12.0. The van der Waals surface area contributed by atoms with Crippen LogP contribution >= 0.6 is 11.5 Å². The number of Topliss-reactive ketones (excluding diaryl/α,β-unsaturated/α-hetero) is 1. The Morgan fingerprint density at radius 3 is 2.41 bits per heavy atom. The molecule has 0 aromatic carbocycles. The molecular weight excluding hydrogens is 316 g/mol. The van der Waals surface area contributed by atoms with E-state index in [1.807, 2.05) is 0 Å². The van der Waals surface area contributed by atoms with Crippen LogP contribution in [0.3, 0.4) is 0 Å². The quantitative estimate of drug-likeness (QED) is 0.444. The highest BCUT2D eigenvalue weighted by atomic mass is 32.1. The monoisotopic (exact) mass is 330 g/mol. The third kappa shape index (κ3) is 4.77. The van der Waals surface area contributed by atoms with Crippen LogP contribution in [0.1, 0.15) is 32.5 Å². The van der Waals surface area contributed by atoms with Crippen molar-refractivity contribution >= 4 is 40.1 Å². The Bertz CT molecular complexity index is 624. The van der Waals surface area contributed by atoms with E-state index in [0.29, 0.717) is 0 Å². The summed E-state index contributed by atoms with van der Waals surface area (Å²) in [4.78, 5) is 42.1. The number of carbonyl (C=O) groups is 3. The number of carboxylic acids is 2. The number of aromatic nitrogens is 2. The van der Waals surface area contributed by atoms with Crippen LogP contribution in [0.15, 0.2) is 5.16 Å². The van der Waals surface area contributed by atoms with Gasteiger partial charge in [0.2, 0.25) is 11.4 Å². The summed E-state index contributed by atoms with van der Waals surface area (Å²) in [7, 11) is 0. The summed E-state index contributed by atoms with van der Waals surface area (Å²) in [5.41, 5.74) is 3.37. The lowest BCUT2D eigenvalue weighted by molar-refractivity contribution is -0.161. The number of hydrogen-bond donors (Lipinski definition) is 3. The van der Waals surface area contributed by atoms with Gasteiger partial charge in [0.1, 0.15) is 0 Å². The molecule has 4 N–H and O–H groups in total. The molecule has 0 spiro atoms. The Morgan fingerprint density at radius 1 is 1.32 bits per heavy atom. The summed E-state index contributed by atoms with van der Waals surface area (Å²) in [6.07, 6.45) is -0.774. The lowest BCUT2D eigenvalue weighted by Gasteiger charge is -2.16. The predicted octanol–water partition coefficient (Wildman–Crippen LogP) is 0.138. The fourth-order valence-corrected chi connectivity index (χ4v) is 1.52. The standard InChI is InChI=1S/C11H14N4O6S/c1-11(2,9(19)20)21-14-7(5(16)3-4-6(17)18)8-13-10(12)22-15-8/h3-4H2,1-2H3,(H,17,18)(H,19,20)(H2,12,13,15)/b14-7+. The van der Waals surface area contributed by atoms with Gasteiger partial charge in [-0.2, -0.15) is 9.36 Å². The average Bonchev–Trinajstić information content (AvgIpc) is 2.82. The summed E-state index contributed by atoms with van der Waals surface area (Å²) >= 11 is 0.810. The van der Waals surface area contributed by atoms with Crippen LogP contribution in [0.4, 0.5) is 5.13 Å². The van der Waals surface area contributed by atoms with Crippen molar-refractivity contribution in [2.75, 3.05) is 5.73 Å². The lowest BCUT2D eigenvalue weighted by Crippen LogP contribution is -2.34. The molecule has 0 bridgehead atoms. The third-order valence-corrected chi connectivity index (χ3v) is 2.91. The van der Waals surface area contributed by atoms with Gasteiger partial charge in [0.05, 0.1) is 6.42 Å². The first-order valence-electron chi connectivity index (χ1n) is 5.97. The molecule has 0 saturated carbocycles. The van der Waals surface area contributed by atoms with E-state index in [0.717, 1.165) is 11.5 Å². The molecule has 1 aromatic heterocycles. The highest BCUT2D eigenvalue weighted by Crippen LogP contribution is 2.13.